The van der Waals surface area contributed by atoms with Gasteiger partial charge in [-0.05, 0) is 13.3 Å². The molecule has 0 radical (unpaired) electrons. The van der Waals surface area contributed by atoms with E-state index < -0.39 is 12.3 Å². The maximum Gasteiger partial charge on any atom is 0.315 e. The molecule has 2 unspecified atom stereocenters. The number of ether oxygens (including phenoxy) is 1. The third-order valence-corrected chi connectivity index (χ3v) is 1.90. The van der Waals surface area contributed by atoms with Crippen molar-refractivity contribution in [3.05, 3.63) is 0 Å². The molecule has 5 heteroatoms. The minimum absolute atomic E-state index is 0.160. The Bertz CT molecular complexity index is 175. The monoisotopic (exact) mass is 179 g/mol. The molecule has 0 aliphatic carbocycles. The molecule has 70 valence electrons. The van der Waals surface area contributed by atoms with Crippen molar-refractivity contribution < 1.29 is 18.3 Å². The van der Waals surface area contributed by atoms with Crippen molar-refractivity contribution in [2.45, 2.75) is 31.9 Å². The van der Waals surface area contributed by atoms with Crippen molar-refractivity contribution in [1.29, 1.82) is 0 Å². The lowest BCUT2D eigenvalue weighted by Gasteiger charge is -2.15. The van der Waals surface area contributed by atoms with Crippen molar-refractivity contribution in [3.63, 3.8) is 0 Å². The Kier molecular flexibility index (Phi) is 2.97. The number of halogens is 2. The van der Waals surface area contributed by atoms with Gasteiger partial charge in [-0.3, -0.25) is 4.79 Å². The molecular weight excluding hydrogens is 168 g/mol. The average molecular weight is 179 g/mol. The molecule has 1 rings (SSSR count). The number of alkyl halides is 2. The van der Waals surface area contributed by atoms with E-state index in [1.165, 1.54) is 0 Å². The molecule has 1 heterocycles. The lowest BCUT2D eigenvalue weighted by molar-refractivity contribution is -0.132. The van der Waals surface area contributed by atoms with E-state index in [0.717, 1.165) is 0 Å². The van der Waals surface area contributed by atoms with E-state index in [1.54, 1.807) is 6.92 Å². The molecule has 0 bridgehead atoms. The SMILES string of the molecule is CC1OCCC1NC(=O)C(F)F. The maximum atomic E-state index is 11.8. The third kappa shape index (κ3) is 2.14. The summed E-state index contributed by atoms with van der Waals surface area (Å²) >= 11 is 0. The maximum absolute atomic E-state index is 11.8. The summed E-state index contributed by atoms with van der Waals surface area (Å²) in [6.07, 6.45) is -2.48. The lowest BCUT2D eigenvalue weighted by Crippen LogP contribution is -2.42. The molecule has 1 amide bonds. The Hall–Kier alpha value is -0.710. The molecular formula is C7H11F2NO2. The van der Waals surface area contributed by atoms with Crippen LogP contribution in [0.25, 0.3) is 0 Å². The number of carbonyl (C=O) groups excluding carboxylic acids is 1. The van der Waals surface area contributed by atoms with E-state index in [0.29, 0.717) is 13.0 Å². The van der Waals surface area contributed by atoms with Crippen LogP contribution in [-0.4, -0.2) is 31.1 Å². The van der Waals surface area contributed by atoms with E-state index in [-0.39, 0.29) is 12.1 Å². The number of amides is 1. The third-order valence-electron chi connectivity index (χ3n) is 1.90. The highest BCUT2D eigenvalue weighted by Crippen LogP contribution is 2.12. The van der Waals surface area contributed by atoms with Gasteiger partial charge in [-0.25, -0.2) is 0 Å². The Labute approximate surface area is 69.1 Å². The summed E-state index contributed by atoms with van der Waals surface area (Å²) in [7, 11) is 0. The molecule has 1 saturated heterocycles. The van der Waals surface area contributed by atoms with E-state index in [9.17, 15) is 13.6 Å². The zero-order valence-corrected chi connectivity index (χ0v) is 6.72. The van der Waals surface area contributed by atoms with Crippen LogP contribution in [0.5, 0.6) is 0 Å². The van der Waals surface area contributed by atoms with Gasteiger partial charge in [0.2, 0.25) is 0 Å². The molecule has 12 heavy (non-hydrogen) atoms. The first kappa shape index (κ1) is 9.38. The second-order valence-corrected chi connectivity index (χ2v) is 2.78. The fraction of sp³-hybridized carbons (Fsp3) is 0.857. The first-order valence-electron chi connectivity index (χ1n) is 3.81. The lowest BCUT2D eigenvalue weighted by atomic mass is 10.1. The number of hydrogen-bond donors (Lipinski definition) is 1. The van der Waals surface area contributed by atoms with Crippen LogP contribution in [0.4, 0.5) is 8.78 Å². The molecule has 1 aliphatic heterocycles. The largest absolute Gasteiger partial charge is 0.376 e. The standard InChI is InChI=1S/C7H11F2NO2/c1-4-5(2-3-12-4)10-7(11)6(8)9/h4-6H,2-3H2,1H3,(H,10,11). The molecule has 0 saturated carbocycles. The summed E-state index contributed by atoms with van der Waals surface area (Å²) in [5.74, 6) is -1.21. The summed E-state index contributed by atoms with van der Waals surface area (Å²) in [5, 5.41) is 2.21. The van der Waals surface area contributed by atoms with Gasteiger partial charge in [0.15, 0.2) is 0 Å². The average Bonchev–Trinajstić information content (AvgIpc) is 2.36. The Morgan fingerprint density at radius 2 is 2.33 bits per heavy atom. The zero-order valence-electron chi connectivity index (χ0n) is 6.72. The normalized spacial score (nSPS) is 29.3. The van der Waals surface area contributed by atoms with Gasteiger partial charge in [0.1, 0.15) is 0 Å². The number of nitrogens with one attached hydrogen (secondary N) is 1. The van der Waals surface area contributed by atoms with Gasteiger partial charge in [-0.15, -0.1) is 0 Å². The number of rotatable bonds is 2. The molecule has 1 aliphatic rings. The van der Waals surface area contributed by atoms with Crippen LogP contribution in [0.2, 0.25) is 0 Å². The van der Waals surface area contributed by atoms with Crippen LogP contribution >= 0.6 is 0 Å². The second-order valence-electron chi connectivity index (χ2n) is 2.78. The van der Waals surface area contributed by atoms with E-state index in [1.807, 2.05) is 0 Å². The molecule has 3 nitrogen and oxygen atoms in total. The highest BCUT2D eigenvalue weighted by molar-refractivity contribution is 5.79. The van der Waals surface area contributed by atoms with Gasteiger partial charge in [-0.2, -0.15) is 8.78 Å². The van der Waals surface area contributed by atoms with Crippen molar-refractivity contribution in [2.24, 2.45) is 0 Å². The van der Waals surface area contributed by atoms with Gasteiger partial charge < -0.3 is 10.1 Å². The van der Waals surface area contributed by atoms with Gasteiger partial charge >= 0.3 is 6.43 Å². The molecule has 2 atom stereocenters. The van der Waals surface area contributed by atoms with Crippen LogP contribution in [0.15, 0.2) is 0 Å². The van der Waals surface area contributed by atoms with Crippen molar-refractivity contribution in [3.8, 4) is 0 Å². The Balaban J connectivity index is 2.35. The molecule has 1 N–H and O–H groups in total. The van der Waals surface area contributed by atoms with Crippen LogP contribution in [0, 0.1) is 0 Å². The summed E-state index contributed by atoms with van der Waals surface area (Å²) in [5.41, 5.74) is 0. The molecule has 1 fully saturated rings. The van der Waals surface area contributed by atoms with Crippen molar-refractivity contribution >= 4 is 5.91 Å². The molecule has 0 spiro atoms. The summed E-state index contributed by atoms with van der Waals surface area (Å²) < 4.78 is 28.6. The quantitative estimate of drug-likeness (QED) is 0.672. The van der Waals surface area contributed by atoms with E-state index in [2.05, 4.69) is 5.32 Å². The highest BCUT2D eigenvalue weighted by Gasteiger charge is 2.28. The Morgan fingerprint density at radius 1 is 1.67 bits per heavy atom. The Morgan fingerprint density at radius 3 is 2.75 bits per heavy atom. The number of hydrogen-bond acceptors (Lipinski definition) is 2. The molecule has 0 aromatic carbocycles. The number of carbonyl (C=O) groups is 1. The van der Waals surface area contributed by atoms with Crippen LogP contribution < -0.4 is 5.32 Å². The zero-order chi connectivity index (χ0) is 9.14. The van der Waals surface area contributed by atoms with Crippen molar-refractivity contribution in [2.75, 3.05) is 6.61 Å². The minimum atomic E-state index is -2.93. The first-order valence-corrected chi connectivity index (χ1v) is 3.81. The van der Waals surface area contributed by atoms with Crippen LogP contribution in [-0.2, 0) is 9.53 Å². The minimum Gasteiger partial charge on any atom is -0.376 e. The summed E-state index contributed by atoms with van der Waals surface area (Å²) in [4.78, 5) is 10.5. The predicted molar refractivity (Wildman–Crippen MR) is 38.0 cm³/mol. The second kappa shape index (κ2) is 3.80. The highest BCUT2D eigenvalue weighted by atomic mass is 19.3. The smallest absolute Gasteiger partial charge is 0.315 e. The predicted octanol–water partition coefficient (Wildman–Crippen LogP) is 0.545. The van der Waals surface area contributed by atoms with Crippen LogP contribution in [0.1, 0.15) is 13.3 Å². The fourth-order valence-corrected chi connectivity index (χ4v) is 1.17. The van der Waals surface area contributed by atoms with E-state index in [4.69, 9.17) is 4.74 Å². The summed E-state index contributed by atoms with van der Waals surface area (Å²) in [6.45, 7) is 2.28. The fourth-order valence-electron chi connectivity index (χ4n) is 1.17. The van der Waals surface area contributed by atoms with Gasteiger partial charge in [0, 0.05) is 6.61 Å². The first-order chi connectivity index (χ1) is 5.61. The van der Waals surface area contributed by atoms with Crippen LogP contribution in [0.3, 0.4) is 0 Å². The van der Waals surface area contributed by atoms with Gasteiger partial charge in [0.05, 0.1) is 12.1 Å². The topological polar surface area (TPSA) is 38.3 Å². The van der Waals surface area contributed by atoms with Crippen molar-refractivity contribution in [1.82, 2.24) is 5.32 Å². The van der Waals surface area contributed by atoms with E-state index >= 15 is 0 Å². The van der Waals surface area contributed by atoms with Gasteiger partial charge in [-0.1, -0.05) is 0 Å². The summed E-state index contributed by atoms with van der Waals surface area (Å²) in [6, 6.07) is -0.258. The molecule has 0 aromatic rings. The van der Waals surface area contributed by atoms with Gasteiger partial charge in [0.25, 0.3) is 5.91 Å². The molecule has 0 aromatic heterocycles.